The number of carbonyl (C=O) groups excluding carboxylic acids is 4. The van der Waals surface area contributed by atoms with Crippen LogP contribution in [0, 0.1) is 39.4 Å². The molecule has 5 aliphatic rings. The highest BCUT2D eigenvalue weighted by Crippen LogP contribution is 2.74. The fraction of sp³-hybridized carbons (Fsp3) is 0.789. The average Bonchev–Trinajstić information content (AvgIpc) is 3.22. The topological polar surface area (TPSA) is 217 Å². The highest BCUT2D eigenvalue weighted by atomic mass is 16.7. The molecule has 0 aromatic rings. The molecule has 4 fully saturated rings. The molecule has 3 saturated carbocycles. The van der Waals surface area contributed by atoms with Crippen LogP contribution in [0.25, 0.3) is 0 Å². The van der Waals surface area contributed by atoms with E-state index in [0.29, 0.717) is 6.42 Å². The van der Waals surface area contributed by atoms with Crippen molar-refractivity contribution in [2.45, 2.75) is 142 Å². The molecule has 1 heterocycles. The fourth-order valence-corrected chi connectivity index (χ4v) is 10.8. The van der Waals surface area contributed by atoms with E-state index in [9.17, 15) is 49.8 Å². The van der Waals surface area contributed by atoms with Gasteiger partial charge in [0.05, 0.1) is 12.7 Å². The summed E-state index contributed by atoms with van der Waals surface area (Å²) in [4.78, 5) is 54.0. The number of Topliss-reactive ketones (excluding diaryl/α,β-unsaturated/α-hetero) is 2. The van der Waals surface area contributed by atoms with Crippen LogP contribution in [0.3, 0.4) is 0 Å². The molecule has 14 atom stereocenters. The Morgan fingerprint density at radius 3 is 2.22 bits per heavy atom. The van der Waals surface area contributed by atoms with Crippen molar-refractivity contribution in [1.29, 1.82) is 0 Å². The van der Waals surface area contributed by atoms with Crippen LogP contribution in [0.1, 0.15) is 88.0 Å². The number of aliphatic hydroxyl groups excluding tert-OH is 5. The minimum absolute atomic E-state index is 0.0549. The van der Waals surface area contributed by atoms with Gasteiger partial charge >= 0.3 is 5.97 Å². The lowest BCUT2D eigenvalue weighted by Gasteiger charge is -2.64. The van der Waals surface area contributed by atoms with Gasteiger partial charge in [-0.3, -0.25) is 19.2 Å². The minimum Gasteiger partial charge on any atom is -0.456 e. The second-order valence-corrected chi connectivity index (χ2v) is 17.6. The number of carbonyl (C=O) groups is 4. The van der Waals surface area contributed by atoms with E-state index in [2.05, 4.69) is 0 Å². The lowest BCUT2D eigenvalue weighted by Crippen LogP contribution is -2.66. The van der Waals surface area contributed by atoms with Crippen molar-refractivity contribution in [3.05, 3.63) is 23.8 Å². The number of hydrogen-bond acceptors (Lipinski definition) is 13. The Kier molecular flexibility index (Phi) is 10.1. The number of hydrogen-bond donors (Lipinski definition) is 6. The van der Waals surface area contributed by atoms with Crippen molar-refractivity contribution in [3.8, 4) is 0 Å². The summed E-state index contributed by atoms with van der Waals surface area (Å²) in [5.74, 6) is -3.56. The molecule has 286 valence electrons. The van der Waals surface area contributed by atoms with Crippen LogP contribution in [0.4, 0.5) is 0 Å². The van der Waals surface area contributed by atoms with Gasteiger partial charge in [-0.1, -0.05) is 32.4 Å². The van der Waals surface area contributed by atoms with Gasteiger partial charge < -0.3 is 44.8 Å². The fourth-order valence-electron chi connectivity index (χ4n) is 10.8. The van der Waals surface area contributed by atoms with Crippen molar-refractivity contribution < 1.29 is 64.0 Å². The van der Waals surface area contributed by atoms with E-state index in [0.717, 1.165) is 11.6 Å². The summed E-state index contributed by atoms with van der Waals surface area (Å²) in [7, 11) is 0. The Labute approximate surface area is 299 Å². The van der Waals surface area contributed by atoms with Gasteiger partial charge in [-0.15, -0.1) is 0 Å². The molecule has 0 amide bonds. The number of allylic oxidation sites excluding steroid dienone is 2. The third kappa shape index (κ3) is 6.00. The summed E-state index contributed by atoms with van der Waals surface area (Å²) >= 11 is 0. The van der Waals surface area contributed by atoms with Crippen molar-refractivity contribution in [2.75, 3.05) is 6.61 Å². The quantitative estimate of drug-likeness (QED) is 0.119. The zero-order valence-corrected chi connectivity index (χ0v) is 31.1. The molecule has 13 nitrogen and oxygen atoms in total. The molecule has 6 N–H and O–H groups in total. The van der Waals surface area contributed by atoms with Crippen molar-refractivity contribution in [1.82, 2.24) is 0 Å². The Balaban J connectivity index is 1.48. The number of fused-ring (bicyclic) bond motifs is 5. The first-order chi connectivity index (χ1) is 23.3. The van der Waals surface area contributed by atoms with Crippen LogP contribution < -0.4 is 0 Å². The third-order valence-corrected chi connectivity index (χ3v) is 13.7. The smallest absolute Gasteiger partial charge is 0.303 e. The predicted molar refractivity (Wildman–Crippen MR) is 180 cm³/mol. The van der Waals surface area contributed by atoms with E-state index in [-0.39, 0.29) is 36.7 Å². The standard InChI is InChI=1S/C38H56O13/c1-18(40)51-33(2,3)13-12-25(42)38(9,48)30-21(41)15-35(6)24-11-10-19-20(37(24,8)26(43)16-36(30,35)7)14-22(31(47)34(19,4)5)49-32-29(46)28(45)27(44)23(17-39)50-32/h10,12-13,20-24,27-30,32,39,41,44-46,48H,11,14-17H2,1-9H3/b13-12+/t20-,21-,22+,23-,24+,27-,28+,29-,30?,32-,35+,36-,37+,38+/m1/s1. The second-order valence-electron chi connectivity index (χ2n) is 17.6. The Hall–Kier alpha value is -2.36. The largest absolute Gasteiger partial charge is 0.456 e. The molecule has 0 aromatic heterocycles. The summed E-state index contributed by atoms with van der Waals surface area (Å²) in [5.41, 5.74) is -6.34. The van der Waals surface area contributed by atoms with E-state index in [1.54, 1.807) is 27.7 Å². The summed E-state index contributed by atoms with van der Waals surface area (Å²) in [5, 5.41) is 64.7. The number of esters is 1. The van der Waals surface area contributed by atoms with E-state index >= 15 is 0 Å². The number of ketones is 3. The maximum absolute atomic E-state index is 14.8. The molecular formula is C38H56O13. The molecule has 1 unspecified atom stereocenters. The lowest BCUT2D eigenvalue weighted by atomic mass is 9.38. The molecule has 51 heavy (non-hydrogen) atoms. The lowest BCUT2D eigenvalue weighted by molar-refractivity contribution is -0.311. The van der Waals surface area contributed by atoms with Crippen molar-refractivity contribution in [3.63, 3.8) is 0 Å². The van der Waals surface area contributed by atoms with Crippen LogP contribution in [-0.2, 0) is 33.4 Å². The summed E-state index contributed by atoms with van der Waals surface area (Å²) in [6.45, 7) is 14.4. The third-order valence-electron chi connectivity index (χ3n) is 13.7. The Bertz CT molecular complexity index is 1510. The maximum atomic E-state index is 14.8. The number of rotatable bonds is 8. The molecule has 4 aliphatic carbocycles. The molecular weight excluding hydrogens is 664 g/mol. The highest BCUT2D eigenvalue weighted by molar-refractivity contribution is 5.98. The molecule has 0 aromatic carbocycles. The molecule has 1 saturated heterocycles. The van der Waals surface area contributed by atoms with Gasteiger partial charge in [0, 0.05) is 30.1 Å². The highest BCUT2D eigenvalue weighted by Gasteiger charge is 2.74. The van der Waals surface area contributed by atoms with E-state index in [1.165, 1.54) is 19.9 Å². The van der Waals surface area contributed by atoms with Crippen LogP contribution in [0.2, 0.25) is 0 Å². The van der Waals surface area contributed by atoms with Crippen molar-refractivity contribution >= 4 is 23.3 Å². The van der Waals surface area contributed by atoms with E-state index in [4.69, 9.17) is 14.2 Å². The second kappa shape index (κ2) is 12.9. The summed E-state index contributed by atoms with van der Waals surface area (Å²) in [6, 6.07) is 0. The van der Waals surface area contributed by atoms with Gasteiger partial charge in [0.15, 0.2) is 17.9 Å². The van der Waals surface area contributed by atoms with Crippen LogP contribution >= 0.6 is 0 Å². The first-order valence-electron chi connectivity index (χ1n) is 17.9. The summed E-state index contributed by atoms with van der Waals surface area (Å²) < 4.78 is 16.9. The predicted octanol–water partition coefficient (Wildman–Crippen LogP) is 1.32. The van der Waals surface area contributed by atoms with E-state index in [1.807, 2.05) is 26.8 Å². The van der Waals surface area contributed by atoms with Crippen molar-refractivity contribution in [2.24, 2.45) is 39.4 Å². The van der Waals surface area contributed by atoms with Gasteiger partial charge in [-0.05, 0) is 88.7 Å². The van der Waals surface area contributed by atoms with Gasteiger partial charge in [-0.2, -0.15) is 0 Å². The van der Waals surface area contributed by atoms with Gasteiger partial charge in [0.2, 0.25) is 0 Å². The van der Waals surface area contributed by atoms with Gasteiger partial charge in [0.1, 0.15) is 47.5 Å². The molecule has 1 aliphatic heterocycles. The van der Waals surface area contributed by atoms with E-state index < -0.39 is 106 Å². The molecule has 0 radical (unpaired) electrons. The maximum Gasteiger partial charge on any atom is 0.303 e. The first-order valence-corrected chi connectivity index (χ1v) is 17.9. The average molecular weight is 721 g/mol. The van der Waals surface area contributed by atoms with Gasteiger partial charge in [0.25, 0.3) is 0 Å². The van der Waals surface area contributed by atoms with Crippen LogP contribution in [-0.4, -0.2) is 115 Å². The van der Waals surface area contributed by atoms with Crippen LogP contribution in [0.15, 0.2) is 23.8 Å². The molecule has 13 heteroatoms. The first kappa shape index (κ1) is 39.8. The molecule has 5 rings (SSSR count). The number of ether oxygens (including phenoxy) is 3. The molecule has 0 bridgehead atoms. The summed E-state index contributed by atoms with van der Waals surface area (Å²) in [6.07, 6.45) is -4.90. The Morgan fingerprint density at radius 1 is 1.00 bits per heavy atom. The monoisotopic (exact) mass is 720 g/mol. The minimum atomic E-state index is -2.08. The Morgan fingerprint density at radius 2 is 1.63 bits per heavy atom. The number of aliphatic hydroxyl groups is 6. The zero-order valence-electron chi connectivity index (χ0n) is 31.1. The zero-order chi connectivity index (χ0) is 38.4. The van der Waals surface area contributed by atoms with Gasteiger partial charge in [-0.25, -0.2) is 0 Å². The molecule has 0 spiro atoms. The van der Waals surface area contributed by atoms with Crippen LogP contribution in [0.5, 0.6) is 0 Å². The SMILES string of the molecule is CC(=O)OC(C)(C)/C=C/C(=O)[C@](C)(O)C1[C@H](O)C[C@@]2(C)[C@@H]3CC=C4[C@@H](C[C@H](O[C@@H]5O[C@H](CO)[C@@H](O)[C@H](O)[C@H]5O)C(=O)C4(C)C)[C@]3(C)C(=O)C[C@]12C. The normalized spacial score (nSPS) is 45.0.